The van der Waals surface area contributed by atoms with Gasteiger partial charge < -0.3 is 10.6 Å². The lowest BCUT2D eigenvalue weighted by Gasteiger charge is -2.22. The number of benzene rings is 1. The molecule has 2 fully saturated rings. The fourth-order valence-electron chi connectivity index (χ4n) is 3.22. The molecule has 0 saturated carbocycles. The lowest BCUT2D eigenvalue weighted by molar-refractivity contribution is -0.117. The lowest BCUT2D eigenvalue weighted by Crippen LogP contribution is -2.34. The van der Waals surface area contributed by atoms with Crippen molar-refractivity contribution in [2.75, 3.05) is 31.1 Å². The second kappa shape index (κ2) is 7.00. The van der Waals surface area contributed by atoms with Crippen LogP contribution in [0.5, 0.6) is 0 Å². The van der Waals surface area contributed by atoms with Crippen molar-refractivity contribution in [3.63, 3.8) is 0 Å². The number of carbonyl (C=O) groups is 1. The first-order chi connectivity index (χ1) is 10.9. The second-order valence-electron chi connectivity index (χ2n) is 6.75. The molecule has 8 heteroatoms. The average molecular weight is 374 g/mol. The molecule has 1 atom stereocenters. The van der Waals surface area contributed by atoms with Crippen LogP contribution in [0, 0.1) is 5.41 Å². The third-order valence-electron chi connectivity index (χ3n) is 4.88. The molecule has 0 aromatic heterocycles. The summed E-state index contributed by atoms with van der Waals surface area (Å²) in [7, 11) is -3.50. The van der Waals surface area contributed by atoms with E-state index in [0.29, 0.717) is 32.6 Å². The number of sulfonamides is 1. The molecular weight excluding hydrogens is 350 g/mol. The third-order valence-corrected chi connectivity index (χ3v) is 6.73. The molecule has 1 aromatic rings. The Kier molecular flexibility index (Phi) is 5.59. The van der Waals surface area contributed by atoms with E-state index < -0.39 is 10.0 Å². The van der Waals surface area contributed by atoms with E-state index in [1.807, 2.05) is 6.92 Å². The van der Waals surface area contributed by atoms with Crippen LogP contribution in [0.25, 0.3) is 0 Å². The van der Waals surface area contributed by atoms with Crippen molar-refractivity contribution in [2.45, 2.75) is 31.1 Å². The number of hydrogen-bond donors (Lipinski definition) is 1. The van der Waals surface area contributed by atoms with E-state index in [2.05, 4.69) is 0 Å². The van der Waals surface area contributed by atoms with Crippen LogP contribution in [0.15, 0.2) is 29.2 Å². The molecule has 24 heavy (non-hydrogen) atoms. The SMILES string of the molecule is CC1(CN)CCN(S(=O)(=O)c2ccc(N3CCCC3=O)cc2)C1.Cl. The Morgan fingerprint density at radius 2 is 1.88 bits per heavy atom. The summed E-state index contributed by atoms with van der Waals surface area (Å²) in [5.74, 6) is 0.0962. The summed E-state index contributed by atoms with van der Waals surface area (Å²) in [4.78, 5) is 13.7. The molecular formula is C16H24ClN3O3S. The zero-order valence-corrected chi connectivity index (χ0v) is 15.4. The summed E-state index contributed by atoms with van der Waals surface area (Å²) in [5.41, 5.74) is 6.38. The van der Waals surface area contributed by atoms with Gasteiger partial charge in [-0.15, -0.1) is 12.4 Å². The molecule has 0 radical (unpaired) electrons. The molecule has 0 aliphatic carbocycles. The highest BCUT2D eigenvalue weighted by molar-refractivity contribution is 7.89. The molecule has 1 amide bonds. The van der Waals surface area contributed by atoms with Crippen molar-refractivity contribution in [2.24, 2.45) is 11.1 Å². The van der Waals surface area contributed by atoms with Gasteiger partial charge in [0.25, 0.3) is 0 Å². The van der Waals surface area contributed by atoms with Crippen LogP contribution in [0.2, 0.25) is 0 Å². The number of nitrogens with zero attached hydrogens (tertiary/aromatic N) is 2. The zero-order chi connectivity index (χ0) is 16.7. The van der Waals surface area contributed by atoms with E-state index in [9.17, 15) is 13.2 Å². The second-order valence-corrected chi connectivity index (χ2v) is 8.68. The van der Waals surface area contributed by atoms with Gasteiger partial charge in [-0.2, -0.15) is 4.31 Å². The molecule has 1 aromatic carbocycles. The van der Waals surface area contributed by atoms with Gasteiger partial charge in [-0.25, -0.2) is 8.42 Å². The molecule has 0 bridgehead atoms. The van der Waals surface area contributed by atoms with Gasteiger partial charge in [-0.1, -0.05) is 6.92 Å². The van der Waals surface area contributed by atoms with Crippen LogP contribution in [0.1, 0.15) is 26.2 Å². The largest absolute Gasteiger partial charge is 0.330 e. The van der Waals surface area contributed by atoms with E-state index in [0.717, 1.165) is 18.5 Å². The van der Waals surface area contributed by atoms with Gasteiger partial charge in [-0.3, -0.25) is 4.79 Å². The van der Waals surface area contributed by atoms with Crippen molar-refractivity contribution in [3.05, 3.63) is 24.3 Å². The van der Waals surface area contributed by atoms with Crippen molar-refractivity contribution < 1.29 is 13.2 Å². The molecule has 2 N–H and O–H groups in total. The summed E-state index contributed by atoms with van der Waals surface area (Å²) < 4.78 is 27.0. The Balaban J connectivity index is 0.00000208. The first-order valence-electron chi connectivity index (χ1n) is 7.96. The van der Waals surface area contributed by atoms with Crippen LogP contribution >= 0.6 is 12.4 Å². The van der Waals surface area contributed by atoms with E-state index >= 15 is 0 Å². The Bertz CT molecular complexity index is 708. The normalized spacial score (nSPS) is 25.1. The molecule has 2 heterocycles. The van der Waals surface area contributed by atoms with Crippen LogP contribution in [-0.2, 0) is 14.8 Å². The minimum Gasteiger partial charge on any atom is -0.330 e. The highest BCUT2D eigenvalue weighted by Crippen LogP contribution is 2.33. The first kappa shape index (κ1) is 19.2. The number of amides is 1. The lowest BCUT2D eigenvalue weighted by atomic mass is 9.90. The number of halogens is 1. The van der Waals surface area contributed by atoms with Crippen molar-refractivity contribution >= 4 is 34.0 Å². The zero-order valence-electron chi connectivity index (χ0n) is 13.8. The van der Waals surface area contributed by atoms with Gasteiger partial charge in [0.15, 0.2) is 0 Å². The number of nitrogens with two attached hydrogens (primary N) is 1. The summed E-state index contributed by atoms with van der Waals surface area (Å²) in [6, 6.07) is 6.62. The number of carbonyl (C=O) groups excluding carboxylic acids is 1. The van der Waals surface area contributed by atoms with Gasteiger partial charge in [0, 0.05) is 31.7 Å². The van der Waals surface area contributed by atoms with Crippen molar-refractivity contribution in [3.8, 4) is 0 Å². The smallest absolute Gasteiger partial charge is 0.243 e. The fourth-order valence-corrected chi connectivity index (χ4v) is 4.81. The molecule has 0 spiro atoms. The maximum atomic E-state index is 12.7. The predicted octanol–water partition coefficient (Wildman–Crippen LogP) is 1.59. The van der Waals surface area contributed by atoms with Gasteiger partial charge in [-0.05, 0) is 49.1 Å². The highest BCUT2D eigenvalue weighted by atomic mass is 35.5. The molecule has 134 valence electrons. The standard InChI is InChI=1S/C16H23N3O3S.ClH/c1-16(11-17)8-10-18(12-16)23(21,22)14-6-4-13(5-7-14)19-9-2-3-15(19)20;/h4-7H,2-3,8-12,17H2,1H3;1H. The topological polar surface area (TPSA) is 83.7 Å². The summed E-state index contributed by atoms with van der Waals surface area (Å²) in [5, 5.41) is 0. The Labute approximate surface area is 149 Å². The summed E-state index contributed by atoms with van der Waals surface area (Å²) in [6.07, 6.45) is 2.19. The van der Waals surface area contributed by atoms with Crippen LogP contribution in [-0.4, -0.2) is 44.8 Å². The third kappa shape index (κ3) is 3.44. The van der Waals surface area contributed by atoms with Gasteiger partial charge >= 0.3 is 0 Å². The molecule has 2 saturated heterocycles. The highest BCUT2D eigenvalue weighted by Gasteiger charge is 2.39. The Hall–Kier alpha value is -1.15. The number of hydrogen-bond acceptors (Lipinski definition) is 4. The molecule has 1 unspecified atom stereocenters. The summed E-state index contributed by atoms with van der Waals surface area (Å²) >= 11 is 0. The van der Waals surface area contributed by atoms with E-state index in [1.165, 1.54) is 4.31 Å². The maximum absolute atomic E-state index is 12.7. The molecule has 3 rings (SSSR count). The average Bonchev–Trinajstić information content (AvgIpc) is 3.14. The van der Waals surface area contributed by atoms with Crippen molar-refractivity contribution in [1.29, 1.82) is 0 Å². The maximum Gasteiger partial charge on any atom is 0.243 e. The fraction of sp³-hybridized carbons (Fsp3) is 0.562. The molecule has 2 aliphatic rings. The van der Waals surface area contributed by atoms with E-state index in [1.54, 1.807) is 29.2 Å². The quantitative estimate of drug-likeness (QED) is 0.868. The Morgan fingerprint density at radius 1 is 1.21 bits per heavy atom. The van der Waals surface area contributed by atoms with Gasteiger partial charge in [0.05, 0.1) is 4.90 Å². The summed E-state index contributed by atoms with van der Waals surface area (Å²) in [6.45, 7) is 4.16. The minimum atomic E-state index is -3.50. The minimum absolute atomic E-state index is 0. The number of anilines is 1. The Morgan fingerprint density at radius 3 is 2.38 bits per heavy atom. The van der Waals surface area contributed by atoms with Crippen LogP contribution in [0.4, 0.5) is 5.69 Å². The first-order valence-corrected chi connectivity index (χ1v) is 9.40. The predicted molar refractivity (Wildman–Crippen MR) is 95.8 cm³/mol. The number of rotatable bonds is 4. The monoisotopic (exact) mass is 373 g/mol. The van der Waals surface area contributed by atoms with Crippen molar-refractivity contribution in [1.82, 2.24) is 4.31 Å². The molecule has 2 aliphatic heterocycles. The van der Waals surface area contributed by atoms with Crippen LogP contribution < -0.4 is 10.6 Å². The van der Waals surface area contributed by atoms with Gasteiger partial charge in [0.2, 0.25) is 15.9 Å². The molecule has 6 nitrogen and oxygen atoms in total. The van der Waals surface area contributed by atoms with E-state index in [-0.39, 0.29) is 28.6 Å². The van der Waals surface area contributed by atoms with E-state index in [4.69, 9.17) is 5.73 Å². The van der Waals surface area contributed by atoms with Gasteiger partial charge in [0.1, 0.15) is 0 Å². The van der Waals surface area contributed by atoms with Crippen LogP contribution in [0.3, 0.4) is 0 Å².